The van der Waals surface area contributed by atoms with Crippen LogP contribution in [0.2, 0.25) is 0 Å². The number of fused-ring (bicyclic) bond motifs is 1. The maximum atomic E-state index is 5.23. The van der Waals surface area contributed by atoms with E-state index < -0.39 is 0 Å². The summed E-state index contributed by atoms with van der Waals surface area (Å²) >= 11 is 0. The fourth-order valence-electron chi connectivity index (χ4n) is 2.75. The number of aromatic nitrogens is 2. The van der Waals surface area contributed by atoms with Crippen LogP contribution >= 0.6 is 0 Å². The van der Waals surface area contributed by atoms with Gasteiger partial charge >= 0.3 is 0 Å². The Labute approximate surface area is 130 Å². The van der Waals surface area contributed by atoms with Crippen LogP contribution in [0.15, 0.2) is 40.9 Å². The molecule has 0 saturated carbocycles. The van der Waals surface area contributed by atoms with Crippen LogP contribution in [0.3, 0.4) is 0 Å². The zero-order valence-corrected chi connectivity index (χ0v) is 13.3. The summed E-state index contributed by atoms with van der Waals surface area (Å²) in [6.07, 6.45) is 1.02. The summed E-state index contributed by atoms with van der Waals surface area (Å²) in [5.41, 5.74) is 2.73. The van der Waals surface area contributed by atoms with Crippen LogP contribution in [0.5, 0.6) is 0 Å². The lowest BCUT2D eigenvalue weighted by atomic mass is 9.97. The van der Waals surface area contributed by atoms with Gasteiger partial charge in [0, 0.05) is 6.54 Å². The van der Waals surface area contributed by atoms with Gasteiger partial charge in [0.05, 0.1) is 6.04 Å². The molecule has 0 aliphatic rings. The second kappa shape index (κ2) is 6.28. The van der Waals surface area contributed by atoms with Gasteiger partial charge in [0.15, 0.2) is 5.82 Å². The van der Waals surface area contributed by atoms with Crippen molar-refractivity contribution in [3.63, 3.8) is 0 Å². The van der Waals surface area contributed by atoms with E-state index in [0.29, 0.717) is 11.7 Å². The van der Waals surface area contributed by atoms with E-state index >= 15 is 0 Å². The molecular weight excluding hydrogens is 274 g/mol. The Balaban J connectivity index is 1.86. The molecule has 0 spiro atoms. The SMILES string of the molecule is CCc1ccc2ccccc2c1CNC(C)c1nc(C)no1. The number of aryl methyl sites for hydroxylation is 2. The van der Waals surface area contributed by atoms with Gasteiger partial charge in [-0.25, -0.2) is 0 Å². The first kappa shape index (κ1) is 14.7. The van der Waals surface area contributed by atoms with Crippen LogP contribution in [0.4, 0.5) is 0 Å². The van der Waals surface area contributed by atoms with Crippen LogP contribution in [-0.2, 0) is 13.0 Å². The zero-order valence-electron chi connectivity index (χ0n) is 13.3. The summed E-state index contributed by atoms with van der Waals surface area (Å²) in [6, 6.07) is 13.0. The van der Waals surface area contributed by atoms with Crippen LogP contribution in [0.1, 0.15) is 42.7 Å². The van der Waals surface area contributed by atoms with Gasteiger partial charge in [-0.1, -0.05) is 48.5 Å². The van der Waals surface area contributed by atoms with E-state index in [-0.39, 0.29) is 6.04 Å². The quantitative estimate of drug-likeness (QED) is 0.774. The lowest BCUT2D eigenvalue weighted by Crippen LogP contribution is -2.19. The van der Waals surface area contributed by atoms with Crippen molar-refractivity contribution in [1.82, 2.24) is 15.5 Å². The molecule has 0 amide bonds. The maximum Gasteiger partial charge on any atom is 0.243 e. The van der Waals surface area contributed by atoms with E-state index in [4.69, 9.17) is 4.52 Å². The number of nitrogens with zero attached hydrogens (tertiary/aromatic N) is 2. The van der Waals surface area contributed by atoms with E-state index in [1.807, 2.05) is 13.8 Å². The first-order valence-corrected chi connectivity index (χ1v) is 7.72. The molecule has 1 aromatic heterocycles. The first-order valence-electron chi connectivity index (χ1n) is 7.72. The number of rotatable bonds is 5. The van der Waals surface area contributed by atoms with E-state index in [1.54, 1.807) is 0 Å². The lowest BCUT2D eigenvalue weighted by molar-refractivity contribution is 0.336. The number of hydrogen-bond acceptors (Lipinski definition) is 4. The van der Waals surface area contributed by atoms with E-state index in [1.165, 1.54) is 21.9 Å². The van der Waals surface area contributed by atoms with Gasteiger partial charge in [0.25, 0.3) is 0 Å². The molecule has 4 heteroatoms. The van der Waals surface area contributed by atoms with Crippen molar-refractivity contribution in [2.75, 3.05) is 0 Å². The highest BCUT2D eigenvalue weighted by atomic mass is 16.5. The Morgan fingerprint density at radius 1 is 1.18 bits per heavy atom. The van der Waals surface area contributed by atoms with Gasteiger partial charge in [-0.05, 0) is 42.2 Å². The standard InChI is InChI=1S/C18H21N3O/c1-4-14-9-10-15-7-5-6-8-16(15)17(14)11-19-12(2)18-20-13(3)21-22-18/h5-10,12,19H,4,11H2,1-3H3. The zero-order chi connectivity index (χ0) is 15.5. The number of hydrogen-bond donors (Lipinski definition) is 1. The summed E-state index contributed by atoms with van der Waals surface area (Å²) in [6.45, 7) is 6.86. The average molecular weight is 295 g/mol. The van der Waals surface area contributed by atoms with Crippen molar-refractivity contribution >= 4 is 10.8 Å². The topological polar surface area (TPSA) is 51.0 Å². The summed E-state index contributed by atoms with van der Waals surface area (Å²) < 4.78 is 5.23. The highest BCUT2D eigenvalue weighted by molar-refractivity contribution is 5.86. The molecule has 1 unspecified atom stereocenters. The molecule has 0 fully saturated rings. The molecule has 0 bridgehead atoms. The predicted octanol–water partition coefficient (Wildman–Crippen LogP) is 3.94. The fourth-order valence-corrected chi connectivity index (χ4v) is 2.75. The van der Waals surface area contributed by atoms with E-state index in [0.717, 1.165) is 13.0 Å². The van der Waals surface area contributed by atoms with Crippen LogP contribution in [0, 0.1) is 6.92 Å². The molecule has 114 valence electrons. The summed E-state index contributed by atoms with van der Waals surface area (Å²) in [5, 5.41) is 9.93. The smallest absolute Gasteiger partial charge is 0.243 e. The van der Waals surface area contributed by atoms with Gasteiger partial charge in [-0.2, -0.15) is 4.98 Å². The summed E-state index contributed by atoms with van der Waals surface area (Å²) in [5.74, 6) is 1.30. The molecule has 22 heavy (non-hydrogen) atoms. The Morgan fingerprint density at radius 2 is 2.00 bits per heavy atom. The van der Waals surface area contributed by atoms with Crippen molar-refractivity contribution in [2.45, 2.75) is 39.8 Å². The normalized spacial score (nSPS) is 12.7. The molecule has 0 radical (unpaired) electrons. The Morgan fingerprint density at radius 3 is 2.73 bits per heavy atom. The number of benzene rings is 2. The fraction of sp³-hybridized carbons (Fsp3) is 0.333. The van der Waals surface area contributed by atoms with Gasteiger partial charge in [-0.3, -0.25) is 0 Å². The highest BCUT2D eigenvalue weighted by Crippen LogP contribution is 2.24. The monoisotopic (exact) mass is 295 g/mol. The molecule has 3 rings (SSSR count). The lowest BCUT2D eigenvalue weighted by Gasteiger charge is -2.15. The van der Waals surface area contributed by atoms with Crippen LogP contribution in [0.25, 0.3) is 10.8 Å². The molecule has 1 heterocycles. The van der Waals surface area contributed by atoms with Crippen molar-refractivity contribution < 1.29 is 4.52 Å². The van der Waals surface area contributed by atoms with Crippen LogP contribution < -0.4 is 5.32 Å². The third-order valence-electron chi connectivity index (χ3n) is 4.02. The van der Waals surface area contributed by atoms with E-state index in [2.05, 4.69) is 58.8 Å². The Bertz CT molecular complexity index is 779. The Hall–Kier alpha value is -2.20. The third-order valence-corrected chi connectivity index (χ3v) is 4.02. The molecule has 1 N–H and O–H groups in total. The molecule has 0 aliphatic carbocycles. The second-order valence-electron chi connectivity index (χ2n) is 5.56. The summed E-state index contributed by atoms with van der Waals surface area (Å²) in [7, 11) is 0. The molecule has 0 aliphatic heterocycles. The minimum atomic E-state index is 0.0323. The van der Waals surface area contributed by atoms with E-state index in [9.17, 15) is 0 Å². The van der Waals surface area contributed by atoms with Gasteiger partial charge in [0.1, 0.15) is 0 Å². The molecule has 4 nitrogen and oxygen atoms in total. The molecule has 0 saturated heterocycles. The van der Waals surface area contributed by atoms with Gasteiger partial charge < -0.3 is 9.84 Å². The largest absolute Gasteiger partial charge is 0.338 e. The average Bonchev–Trinajstić information content (AvgIpc) is 2.98. The molecule has 1 atom stereocenters. The van der Waals surface area contributed by atoms with Crippen LogP contribution in [-0.4, -0.2) is 10.1 Å². The van der Waals surface area contributed by atoms with Crippen molar-refractivity contribution in [2.24, 2.45) is 0 Å². The van der Waals surface area contributed by atoms with Crippen molar-refractivity contribution in [3.8, 4) is 0 Å². The minimum absolute atomic E-state index is 0.0323. The highest BCUT2D eigenvalue weighted by Gasteiger charge is 2.14. The first-order chi connectivity index (χ1) is 10.7. The molecule has 2 aromatic carbocycles. The van der Waals surface area contributed by atoms with Gasteiger partial charge in [-0.15, -0.1) is 0 Å². The van der Waals surface area contributed by atoms with Crippen molar-refractivity contribution in [3.05, 3.63) is 59.2 Å². The van der Waals surface area contributed by atoms with Crippen molar-refractivity contribution in [1.29, 1.82) is 0 Å². The molecule has 3 aromatic rings. The third kappa shape index (κ3) is 2.88. The second-order valence-corrected chi connectivity index (χ2v) is 5.56. The minimum Gasteiger partial charge on any atom is -0.338 e. The number of nitrogens with one attached hydrogen (secondary N) is 1. The molecular formula is C18H21N3O. The maximum absolute atomic E-state index is 5.23. The summed E-state index contributed by atoms with van der Waals surface area (Å²) in [4.78, 5) is 4.29. The van der Waals surface area contributed by atoms with Gasteiger partial charge in [0.2, 0.25) is 5.89 Å². The Kier molecular flexibility index (Phi) is 4.20. The predicted molar refractivity (Wildman–Crippen MR) is 87.6 cm³/mol.